The Morgan fingerprint density at radius 2 is 2.38 bits per heavy atom. The minimum atomic E-state index is -0.103. The van der Waals surface area contributed by atoms with Crippen LogP contribution < -0.4 is 5.32 Å². The van der Waals surface area contributed by atoms with Crippen molar-refractivity contribution >= 4 is 5.91 Å². The maximum absolute atomic E-state index is 11.0. The molecule has 0 aromatic heterocycles. The SMILES string of the molecule is C/C=C\C=C/C1=CCOCC(=O)N1. The standard InChI is InChI=1S/C10H13NO2/c1-2-3-4-5-9-6-7-13-8-10(12)11-9/h2-6H,7-8H2,1H3,(H,11,12)/b3-2-,5-4-. The molecule has 0 fully saturated rings. The maximum Gasteiger partial charge on any atom is 0.250 e. The number of hydrogen-bond acceptors (Lipinski definition) is 2. The van der Waals surface area contributed by atoms with Crippen LogP contribution in [-0.2, 0) is 9.53 Å². The summed E-state index contributed by atoms with van der Waals surface area (Å²) >= 11 is 0. The zero-order valence-corrected chi connectivity index (χ0v) is 7.62. The molecule has 1 N–H and O–H groups in total. The van der Waals surface area contributed by atoms with Crippen LogP contribution >= 0.6 is 0 Å². The maximum atomic E-state index is 11.0. The molecule has 0 radical (unpaired) electrons. The number of rotatable bonds is 2. The van der Waals surface area contributed by atoms with Crippen molar-refractivity contribution in [2.75, 3.05) is 13.2 Å². The van der Waals surface area contributed by atoms with E-state index < -0.39 is 0 Å². The molecule has 1 aliphatic heterocycles. The van der Waals surface area contributed by atoms with Gasteiger partial charge in [0.25, 0.3) is 0 Å². The molecule has 0 bridgehead atoms. The smallest absolute Gasteiger partial charge is 0.250 e. The summed E-state index contributed by atoms with van der Waals surface area (Å²) in [6, 6.07) is 0. The lowest BCUT2D eigenvalue weighted by Crippen LogP contribution is -2.23. The van der Waals surface area contributed by atoms with Crippen molar-refractivity contribution in [1.29, 1.82) is 0 Å². The zero-order valence-electron chi connectivity index (χ0n) is 7.62. The van der Waals surface area contributed by atoms with E-state index in [9.17, 15) is 4.79 Å². The fourth-order valence-electron chi connectivity index (χ4n) is 0.928. The van der Waals surface area contributed by atoms with E-state index in [1.807, 2.05) is 37.3 Å². The first-order valence-corrected chi connectivity index (χ1v) is 4.20. The number of carbonyl (C=O) groups is 1. The molecule has 0 aliphatic carbocycles. The molecule has 0 saturated carbocycles. The Morgan fingerprint density at radius 1 is 1.54 bits per heavy atom. The first-order valence-electron chi connectivity index (χ1n) is 4.20. The van der Waals surface area contributed by atoms with Gasteiger partial charge in [0.1, 0.15) is 6.61 Å². The molecule has 0 saturated heterocycles. The predicted molar refractivity (Wildman–Crippen MR) is 51.0 cm³/mol. The summed E-state index contributed by atoms with van der Waals surface area (Å²) in [6.45, 7) is 2.55. The van der Waals surface area contributed by atoms with Crippen LogP contribution in [0.2, 0.25) is 0 Å². The summed E-state index contributed by atoms with van der Waals surface area (Å²) < 4.78 is 5.00. The lowest BCUT2D eigenvalue weighted by Gasteiger charge is -1.99. The molecule has 1 amide bonds. The Hall–Kier alpha value is -1.35. The van der Waals surface area contributed by atoms with E-state index in [-0.39, 0.29) is 12.5 Å². The minimum absolute atomic E-state index is 0.103. The van der Waals surface area contributed by atoms with Crippen LogP contribution in [0.1, 0.15) is 6.92 Å². The van der Waals surface area contributed by atoms with Gasteiger partial charge >= 0.3 is 0 Å². The van der Waals surface area contributed by atoms with Crippen molar-refractivity contribution in [3.05, 3.63) is 36.1 Å². The Bertz CT molecular complexity index is 264. The zero-order chi connectivity index (χ0) is 9.52. The van der Waals surface area contributed by atoms with Crippen molar-refractivity contribution in [2.24, 2.45) is 0 Å². The van der Waals surface area contributed by atoms with Gasteiger partial charge in [-0.1, -0.05) is 18.2 Å². The molecule has 1 rings (SSSR count). The molecule has 1 heterocycles. The van der Waals surface area contributed by atoms with Gasteiger partial charge in [-0.15, -0.1) is 0 Å². The van der Waals surface area contributed by atoms with Crippen LogP contribution in [0, 0.1) is 0 Å². The molecule has 13 heavy (non-hydrogen) atoms. The van der Waals surface area contributed by atoms with E-state index in [0.29, 0.717) is 6.61 Å². The number of nitrogens with one attached hydrogen (secondary N) is 1. The second-order valence-corrected chi connectivity index (χ2v) is 2.61. The normalized spacial score (nSPS) is 18.8. The molecule has 0 atom stereocenters. The van der Waals surface area contributed by atoms with Gasteiger partial charge in [0.15, 0.2) is 0 Å². The summed E-state index contributed by atoms with van der Waals surface area (Å²) in [5, 5.41) is 2.71. The summed E-state index contributed by atoms with van der Waals surface area (Å²) in [7, 11) is 0. The predicted octanol–water partition coefficient (Wildman–Crippen LogP) is 1.15. The lowest BCUT2D eigenvalue weighted by atomic mass is 10.3. The molecule has 3 nitrogen and oxygen atoms in total. The highest BCUT2D eigenvalue weighted by atomic mass is 16.5. The number of hydrogen-bond donors (Lipinski definition) is 1. The van der Waals surface area contributed by atoms with E-state index in [1.165, 1.54) is 0 Å². The topological polar surface area (TPSA) is 38.3 Å². The fourth-order valence-corrected chi connectivity index (χ4v) is 0.928. The first kappa shape index (κ1) is 9.74. The van der Waals surface area contributed by atoms with E-state index in [1.54, 1.807) is 0 Å². The highest BCUT2D eigenvalue weighted by molar-refractivity contribution is 5.79. The highest BCUT2D eigenvalue weighted by Gasteiger charge is 2.05. The average molecular weight is 179 g/mol. The molecule has 70 valence electrons. The average Bonchev–Trinajstić information content (AvgIpc) is 2.31. The van der Waals surface area contributed by atoms with Crippen LogP contribution in [0.3, 0.4) is 0 Å². The van der Waals surface area contributed by atoms with Crippen molar-refractivity contribution in [3.8, 4) is 0 Å². The Kier molecular flexibility index (Phi) is 3.99. The monoisotopic (exact) mass is 179 g/mol. The summed E-state index contributed by atoms with van der Waals surface area (Å²) in [5.74, 6) is -0.103. The van der Waals surface area contributed by atoms with Crippen LogP contribution in [0.5, 0.6) is 0 Å². The minimum Gasteiger partial charge on any atom is -0.367 e. The van der Waals surface area contributed by atoms with Crippen molar-refractivity contribution in [3.63, 3.8) is 0 Å². The lowest BCUT2D eigenvalue weighted by molar-refractivity contribution is -0.124. The van der Waals surface area contributed by atoms with Crippen molar-refractivity contribution < 1.29 is 9.53 Å². The highest BCUT2D eigenvalue weighted by Crippen LogP contribution is 1.97. The second kappa shape index (κ2) is 5.32. The van der Waals surface area contributed by atoms with Gasteiger partial charge in [0, 0.05) is 5.70 Å². The first-order chi connectivity index (χ1) is 6.33. The van der Waals surface area contributed by atoms with Gasteiger partial charge in [-0.3, -0.25) is 4.79 Å². The van der Waals surface area contributed by atoms with Gasteiger partial charge in [0.2, 0.25) is 5.91 Å². The number of amides is 1. The van der Waals surface area contributed by atoms with E-state index in [2.05, 4.69) is 5.32 Å². The summed E-state index contributed by atoms with van der Waals surface area (Å²) in [5.41, 5.74) is 0.792. The van der Waals surface area contributed by atoms with Gasteiger partial charge in [-0.25, -0.2) is 0 Å². The van der Waals surface area contributed by atoms with E-state index in [4.69, 9.17) is 4.74 Å². The Morgan fingerprint density at radius 3 is 3.15 bits per heavy atom. The van der Waals surface area contributed by atoms with Crippen LogP contribution in [0.4, 0.5) is 0 Å². The van der Waals surface area contributed by atoms with Crippen LogP contribution in [-0.4, -0.2) is 19.1 Å². The third kappa shape index (κ3) is 3.71. The van der Waals surface area contributed by atoms with Gasteiger partial charge in [0.05, 0.1) is 6.61 Å². The van der Waals surface area contributed by atoms with Gasteiger partial charge in [-0.05, 0) is 19.1 Å². The molecular weight excluding hydrogens is 166 g/mol. The number of carbonyl (C=O) groups excluding carboxylic acids is 1. The van der Waals surface area contributed by atoms with Crippen LogP contribution in [0.25, 0.3) is 0 Å². The third-order valence-electron chi connectivity index (χ3n) is 1.52. The van der Waals surface area contributed by atoms with Crippen molar-refractivity contribution in [1.82, 2.24) is 5.32 Å². The summed E-state index contributed by atoms with van der Waals surface area (Å²) in [6.07, 6.45) is 9.37. The summed E-state index contributed by atoms with van der Waals surface area (Å²) in [4.78, 5) is 11.0. The molecular formula is C10H13NO2. The molecule has 0 unspecified atom stereocenters. The van der Waals surface area contributed by atoms with Crippen molar-refractivity contribution in [2.45, 2.75) is 6.92 Å². The fraction of sp³-hybridized carbons (Fsp3) is 0.300. The molecule has 0 aromatic carbocycles. The molecule has 1 aliphatic rings. The third-order valence-corrected chi connectivity index (χ3v) is 1.52. The molecule has 0 aromatic rings. The molecule has 3 heteroatoms. The van der Waals surface area contributed by atoms with E-state index in [0.717, 1.165) is 5.70 Å². The largest absolute Gasteiger partial charge is 0.367 e. The second-order valence-electron chi connectivity index (χ2n) is 2.61. The van der Waals surface area contributed by atoms with E-state index >= 15 is 0 Å². The quantitative estimate of drug-likeness (QED) is 0.646. The number of allylic oxidation sites excluding steroid dienone is 4. The van der Waals surface area contributed by atoms with Crippen LogP contribution in [0.15, 0.2) is 36.1 Å². The number of ether oxygens (including phenoxy) is 1. The Labute approximate surface area is 77.8 Å². The van der Waals surface area contributed by atoms with Gasteiger partial charge in [-0.2, -0.15) is 0 Å². The molecule has 0 spiro atoms. The van der Waals surface area contributed by atoms with Gasteiger partial charge < -0.3 is 10.1 Å². The Balaban J connectivity index is 2.56.